The lowest BCUT2D eigenvalue weighted by Gasteiger charge is -2.00. The van der Waals surface area contributed by atoms with Crippen molar-refractivity contribution in [1.29, 1.82) is 0 Å². The number of amides is 1. The van der Waals surface area contributed by atoms with Crippen molar-refractivity contribution in [1.82, 2.24) is 4.98 Å². The fourth-order valence-electron chi connectivity index (χ4n) is 1.83. The molecule has 5 heteroatoms. The number of thiazole rings is 1. The summed E-state index contributed by atoms with van der Waals surface area (Å²) in [5.41, 5.74) is 2.55. The molecule has 0 saturated carbocycles. The molecule has 27 heavy (non-hydrogen) atoms. The SMILES string of the molecule is CC.CC.CC=O.O=C(Nc1nc(-c2ccccc2)cs1)c1ccccc1. The van der Waals surface area contributed by atoms with Gasteiger partial charge in [0.25, 0.3) is 5.91 Å². The van der Waals surface area contributed by atoms with Gasteiger partial charge in [-0.2, -0.15) is 0 Å². The van der Waals surface area contributed by atoms with Crippen molar-refractivity contribution in [3.8, 4) is 11.3 Å². The van der Waals surface area contributed by atoms with Crippen molar-refractivity contribution >= 4 is 28.7 Å². The molecule has 4 nitrogen and oxygen atoms in total. The number of carbonyl (C=O) groups excluding carboxylic acids is 2. The van der Waals surface area contributed by atoms with Gasteiger partial charge in [0.1, 0.15) is 6.29 Å². The first-order valence-electron chi connectivity index (χ1n) is 9.01. The van der Waals surface area contributed by atoms with Crippen molar-refractivity contribution in [2.45, 2.75) is 34.6 Å². The van der Waals surface area contributed by atoms with E-state index in [9.17, 15) is 4.79 Å². The van der Waals surface area contributed by atoms with E-state index < -0.39 is 0 Å². The average Bonchev–Trinajstić information content (AvgIpc) is 3.21. The summed E-state index contributed by atoms with van der Waals surface area (Å²) in [4.78, 5) is 25.3. The highest BCUT2D eigenvalue weighted by Gasteiger charge is 2.09. The summed E-state index contributed by atoms with van der Waals surface area (Å²) in [6.07, 6.45) is 0.750. The second kappa shape index (κ2) is 15.5. The number of hydrogen-bond acceptors (Lipinski definition) is 4. The quantitative estimate of drug-likeness (QED) is 0.538. The van der Waals surface area contributed by atoms with Gasteiger partial charge in [-0.1, -0.05) is 76.2 Å². The minimum atomic E-state index is -0.139. The molecule has 0 bridgehead atoms. The maximum absolute atomic E-state index is 12.0. The van der Waals surface area contributed by atoms with Crippen LogP contribution in [0, 0.1) is 0 Å². The molecule has 0 spiro atoms. The number of anilines is 1. The van der Waals surface area contributed by atoms with Crippen LogP contribution in [0.15, 0.2) is 66.0 Å². The van der Waals surface area contributed by atoms with Gasteiger partial charge in [-0.3, -0.25) is 10.1 Å². The lowest BCUT2D eigenvalue weighted by Crippen LogP contribution is -2.11. The fraction of sp³-hybridized carbons (Fsp3) is 0.227. The second-order valence-corrected chi connectivity index (χ2v) is 5.32. The molecule has 144 valence electrons. The lowest BCUT2D eigenvalue weighted by molar-refractivity contribution is -0.106. The van der Waals surface area contributed by atoms with Crippen LogP contribution in [-0.2, 0) is 4.79 Å². The molecule has 1 amide bonds. The Morgan fingerprint density at radius 1 is 0.926 bits per heavy atom. The third-order valence-corrected chi connectivity index (χ3v) is 3.59. The first kappa shape index (κ1) is 24.2. The Morgan fingerprint density at radius 2 is 1.41 bits per heavy atom. The van der Waals surface area contributed by atoms with Gasteiger partial charge in [0.05, 0.1) is 5.69 Å². The van der Waals surface area contributed by atoms with E-state index in [-0.39, 0.29) is 5.91 Å². The van der Waals surface area contributed by atoms with Crippen LogP contribution in [-0.4, -0.2) is 17.2 Å². The van der Waals surface area contributed by atoms with E-state index in [1.165, 1.54) is 18.3 Å². The molecule has 1 heterocycles. The largest absolute Gasteiger partial charge is 0.304 e. The fourth-order valence-corrected chi connectivity index (χ4v) is 2.55. The van der Waals surface area contributed by atoms with E-state index >= 15 is 0 Å². The van der Waals surface area contributed by atoms with E-state index in [1.54, 1.807) is 12.1 Å². The van der Waals surface area contributed by atoms with Gasteiger partial charge in [-0.15, -0.1) is 11.3 Å². The van der Waals surface area contributed by atoms with Crippen molar-refractivity contribution in [3.63, 3.8) is 0 Å². The zero-order valence-corrected chi connectivity index (χ0v) is 17.4. The topological polar surface area (TPSA) is 59.1 Å². The summed E-state index contributed by atoms with van der Waals surface area (Å²) >= 11 is 1.42. The van der Waals surface area contributed by atoms with Crippen LogP contribution < -0.4 is 5.32 Å². The monoisotopic (exact) mass is 384 g/mol. The molecular weight excluding hydrogens is 356 g/mol. The van der Waals surface area contributed by atoms with Gasteiger partial charge >= 0.3 is 0 Å². The molecule has 3 aromatic rings. The van der Waals surface area contributed by atoms with Gasteiger partial charge in [0, 0.05) is 16.5 Å². The summed E-state index contributed by atoms with van der Waals surface area (Å²) in [5, 5.41) is 5.37. The lowest BCUT2D eigenvalue weighted by atomic mass is 10.2. The summed E-state index contributed by atoms with van der Waals surface area (Å²) in [6, 6.07) is 19.0. The smallest absolute Gasteiger partial charge is 0.257 e. The van der Waals surface area contributed by atoms with Gasteiger partial charge < -0.3 is 4.79 Å². The van der Waals surface area contributed by atoms with Crippen LogP contribution in [0.4, 0.5) is 5.13 Å². The van der Waals surface area contributed by atoms with Gasteiger partial charge in [0.2, 0.25) is 0 Å². The number of nitrogens with one attached hydrogen (secondary N) is 1. The first-order chi connectivity index (χ1) is 13.2. The van der Waals surface area contributed by atoms with Crippen molar-refractivity contribution in [3.05, 3.63) is 71.6 Å². The Balaban J connectivity index is 0.000000860. The van der Waals surface area contributed by atoms with Gasteiger partial charge in [0.15, 0.2) is 5.13 Å². The molecule has 0 aliphatic heterocycles. The van der Waals surface area contributed by atoms with Crippen molar-refractivity contribution in [2.75, 3.05) is 5.32 Å². The van der Waals surface area contributed by atoms with Crippen LogP contribution in [0.5, 0.6) is 0 Å². The Labute approximate surface area is 166 Å². The maximum Gasteiger partial charge on any atom is 0.257 e. The Morgan fingerprint density at radius 3 is 1.93 bits per heavy atom. The number of aldehydes is 1. The number of benzene rings is 2. The van der Waals surface area contributed by atoms with E-state index in [2.05, 4.69) is 10.3 Å². The Bertz CT molecular complexity index is 756. The molecule has 0 saturated heterocycles. The molecule has 1 N–H and O–H groups in total. The highest BCUT2D eigenvalue weighted by Crippen LogP contribution is 2.24. The number of aromatic nitrogens is 1. The minimum absolute atomic E-state index is 0.139. The number of rotatable bonds is 3. The van der Waals surface area contributed by atoms with Gasteiger partial charge in [-0.25, -0.2) is 4.98 Å². The standard InChI is InChI=1S/C16H12N2OS.C2H4O.2C2H6/c19-15(13-9-5-2-6-10-13)18-16-17-14(11-20-16)12-7-3-1-4-8-12;1-2-3;2*1-2/h1-11H,(H,17,18,19);2H,1H3;2*1-2H3. The van der Waals surface area contributed by atoms with E-state index in [4.69, 9.17) is 4.79 Å². The summed E-state index contributed by atoms with van der Waals surface area (Å²) < 4.78 is 0. The third-order valence-electron chi connectivity index (χ3n) is 2.83. The molecule has 1 aromatic heterocycles. The van der Waals surface area contributed by atoms with Crippen molar-refractivity contribution < 1.29 is 9.59 Å². The van der Waals surface area contributed by atoms with Crippen molar-refractivity contribution in [2.24, 2.45) is 0 Å². The Hall–Kier alpha value is -2.79. The Kier molecular flexibility index (Phi) is 13.9. The number of carbonyl (C=O) groups is 2. The second-order valence-electron chi connectivity index (χ2n) is 4.46. The van der Waals surface area contributed by atoms with Crippen LogP contribution in [0.3, 0.4) is 0 Å². The van der Waals surface area contributed by atoms with Crippen LogP contribution in [0.1, 0.15) is 45.0 Å². The molecular formula is C22H28N2O2S. The highest BCUT2D eigenvalue weighted by atomic mass is 32.1. The molecule has 0 radical (unpaired) electrons. The van der Waals surface area contributed by atoms with Crippen LogP contribution >= 0.6 is 11.3 Å². The normalized spacial score (nSPS) is 8.48. The average molecular weight is 385 g/mol. The molecule has 0 aliphatic rings. The van der Waals surface area contributed by atoms with E-state index in [0.29, 0.717) is 10.7 Å². The number of nitrogens with zero attached hydrogens (tertiary/aromatic N) is 1. The molecule has 0 aliphatic carbocycles. The zero-order valence-electron chi connectivity index (χ0n) is 16.6. The highest BCUT2D eigenvalue weighted by molar-refractivity contribution is 7.14. The summed E-state index contributed by atoms with van der Waals surface area (Å²) in [5.74, 6) is -0.139. The molecule has 0 fully saturated rings. The molecule has 3 rings (SSSR count). The molecule has 2 aromatic carbocycles. The molecule has 0 unspecified atom stereocenters. The molecule has 0 atom stereocenters. The predicted octanol–water partition coefficient (Wildman–Crippen LogP) is 6.32. The first-order valence-corrected chi connectivity index (χ1v) is 9.89. The van der Waals surface area contributed by atoms with E-state index in [0.717, 1.165) is 17.5 Å². The summed E-state index contributed by atoms with van der Waals surface area (Å²) in [7, 11) is 0. The maximum atomic E-state index is 12.0. The minimum Gasteiger partial charge on any atom is -0.304 e. The predicted molar refractivity (Wildman–Crippen MR) is 116 cm³/mol. The summed E-state index contributed by atoms with van der Waals surface area (Å²) in [6.45, 7) is 9.44. The number of hydrogen-bond donors (Lipinski definition) is 1. The van der Waals surface area contributed by atoms with Crippen LogP contribution in [0.2, 0.25) is 0 Å². The van der Waals surface area contributed by atoms with E-state index in [1.807, 2.05) is 81.6 Å². The third kappa shape index (κ3) is 8.92. The van der Waals surface area contributed by atoms with Gasteiger partial charge in [-0.05, 0) is 19.1 Å². The zero-order chi connectivity index (χ0) is 20.5. The van der Waals surface area contributed by atoms with Crippen LogP contribution in [0.25, 0.3) is 11.3 Å².